The zero-order chi connectivity index (χ0) is 15.9. The maximum atomic E-state index is 11.8. The molecule has 1 aromatic carbocycles. The van der Waals surface area contributed by atoms with E-state index in [1.165, 1.54) is 13.0 Å². The lowest BCUT2D eigenvalue weighted by molar-refractivity contribution is -0.129. The summed E-state index contributed by atoms with van der Waals surface area (Å²) < 4.78 is 31.3. The van der Waals surface area contributed by atoms with Crippen LogP contribution in [0, 0.1) is 6.92 Å². The fraction of sp³-hybridized carbons (Fsp3) is 0.182. The van der Waals surface area contributed by atoms with Crippen LogP contribution in [0.25, 0.3) is 0 Å². The summed E-state index contributed by atoms with van der Waals surface area (Å²) in [6, 6.07) is 2.25. The Hall–Kier alpha value is -2.46. The first-order valence-corrected chi connectivity index (χ1v) is 7.07. The second-order valence-electron chi connectivity index (χ2n) is 4.33. The number of benzene rings is 1. The number of carbonyl (C=O) groups is 2. The molecule has 9 nitrogen and oxygen atoms in total. The molecule has 1 heterocycles. The summed E-state index contributed by atoms with van der Waals surface area (Å²) >= 11 is 0. The molecule has 0 aliphatic carbocycles. The minimum Gasteiger partial charge on any atom is -0.477 e. The minimum atomic E-state index is -4.49. The van der Waals surface area contributed by atoms with Crippen LogP contribution in [-0.2, 0) is 19.7 Å². The Morgan fingerprint density at radius 1 is 1.43 bits per heavy atom. The number of hydrogen-bond donors (Lipinski definition) is 3. The van der Waals surface area contributed by atoms with Gasteiger partial charge in [-0.15, -0.1) is 0 Å². The number of aliphatic carboxylic acids is 1. The van der Waals surface area contributed by atoms with Gasteiger partial charge in [0.25, 0.3) is 16.0 Å². The first kappa shape index (κ1) is 14.9. The van der Waals surface area contributed by atoms with Crippen LogP contribution in [0.3, 0.4) is 0 Å². The van der Waals surface area contributed by atoms with Crippen molar-refractivity contribution in [1.29, 1.82) is 0 Å². The summed E-state index contributed by atoms with van der Waals surface area (Å²) in [5.41, 5.74) is 5.42. The van der Waals surface area contributed by atoms with E-state index in [9.17, 15) is 18.0 Å². The molecule has 0 fully saturated rings. The van der Waals surface area contributed by atoms with Gasteiger partial charge >= 0.3 is 5.97 Å². The normalized spacial score (nSPS) is 15.2. The van der Waals surface area contributed by atoms with Crippen molar-refractivity contribution in [2.24, 2.45) is 5.10 Å². The number of nitrogen functional groups attached to an aromatic ring is 1. The topological polar surface area (TPSA) is 150 Å². The van der Waals surface area contributed by atoms with E-state index in [0.717, 1.165) is 11.1 Å². The average Bonchev–Trinajstić information content (AvgIpc) is 2.73. The van der Waals surface area contributed by atoms with Gasteiger partial charge in [-0.25, -0.2) is 4.79 Å². The number of rotatable bonds is 3. The molecule has 0 saturated carbocycles. The predicted molar refractivity (Wildman–Crippen MR) is 72.6 cm³/mol. The Bertz CT molecular complexity index is 783. The molecule has 0 aromatic heterocycles. The van der Waals surface area contributed by atoms with Gasteiger partial charge in [0, 0.05) is 0 Å². The third-order valence-electron chi connectivity index (χ3n) is 2.97. The largest absolute Gasteiger partial charge is 0.477 e. The molecule has 2 rings (SSSR count). The highest BCUT2D eigenvalue weighted by atomic mass is 32.2. The first-order chi connectivity index (χ1) is 9.62. The molecular formula is C11H11N3O6S. The van der Waals surface area contributed by atoms with Crippen molar-refractivity contribution in [3.8, 4) is 0 Å². The molecular weight excluding hydrogens is 302 g/mol. The van der Waals surface area contributed by atoms with Crippen LogP contribution in [0.15, 0.2) is 22.1 Å². The summed E-state index contributed by atoms with van der Waals surface area (Å²) in [5, 5.41) is 13.3. The highest BCUT2D eigenvalue weighted by Crippen LogP contribution is 2.32. The van der Waals surface area contributed by atoms with Gasteiger partial charge in [-0.2, -0.15) is 18.5 Å². The van der Waals surface area contributed by atoms with Gasteiger partial charge in [0.15, 0.2) is 5.71 Å². The number of carboxylic acids is 1. The highest BCUT2D eigenvalue weighted by Gasteiger charge is 2.31. The third-order valence-corrected chi connectivity index (χ3v) is 3.89. The maximum Gasteiger partial charge on any atom is 0.352 e. The highest BCUT2D eigenvalue weighted by molar-refractivity contribution is 7.86. The van der Waals surface area contributed by atoms with E-state index in [-0.39, 0.29) is 29.1 Å². The van der Waals surface area contributed by atoms with Crippen molar-refractivity contribution in [3.05, 3.63) is 17.7 Å². The Labute approximate surface area is 119 Å². The molecule has 112 valence electrons. The molecule has 0 atom stereocenters. The molecule has 10 heteroatoms. The standard InChI is InChI=1S/C11H11N3O6S/c1-5-7(2-3-8(10(5)12)21(18,19)20)14-9(15)4-6(13-14)11(16)17/h2-3H,4,12H2,1H3,(H,16,17)(H,18,19,20). The average molecular weight is 313 g/mol. The van der Waals surface area contributed by atoms with Crippen LogP contribution >= 0.6 is 0 Å². The minimum absolute atomic E-state index is 0.154. The van der Waals surface area contributed by atoms with Gasteiger partial charge in [0.2, 0.25) is 0 Å². The Kier molecular flexibility index (Phi) is 3.43. The van der Waals surface area contributed by atoms with Crippen LogP contribution in [0.5, 0.6) is 0 Å². The van der Waals surface area contributed by atoms with Gasteiger partial charge in [-0.1, -0.05) is 0 Å². The SMILES string of the molecule is Cc1c(N2N=C(C(=O)O)CC2=O)ccc(S(=O)(=O)O)c1N. The van der Waals surface area contributed by atoms with Gasteiger partial charge in [-0.3, -0.25) is 9.35 Å². The van der Waals surface area contributed by atoms with E-state index < -0.39 is 26.9 Å². The maximum absolute atomic E-state index is 11.8. The van der Waals surface area contributed by atoms with E-state index >= 15 is 0 Å². The van der Waals surface area contributed by atoms with Crippen molar-refractivity contribution in [2.45, 2.75) is 18.2 Å². The molecule has 1 aliphatic heterocycles. The van der Waals surface area contributed by atoms with Crippen molar-refractivity contribution >= 4 is 39.1 Å². The molecule has 1 aromatic rings. The monoisotopic (exact) mass is 313 g/mol. The smallest absolute Gasteiger partial charge is 0.352 e. The molecule has 4 N–H and O–H groups in total. The Morgan fingerprint density at radius 2 is 2.05 bits per heavy atom. The van der Waals surface area contributed by atoms with Gasteiger partial charge in [-0.05, 0) is 24.6 Å². The summed E-state index contributed by atoms with van der Waals surface area (Å²) in [6.45, 7) is 1.43. The summed E-state index contributed by atoms with van der Waals surface area (Å²) in [4.78, 5) is 22.1. The third kappa shape index (κ3) is 2.58. The second kappa shape index (κ2) is 4.82. The quantitative estimate of drug-likeness (QED) is 0.525. The van der Waals surface area contributed by atoms with E-state index in [2.05, 4.69) is 5.10 Å². The van der Waals surface area contributed by atoms with Crippen molar-refractivity contribution < 1.29 is 27.7 Å². The van der Waals surface area contributed by atoms with Crippen LogP contribution in [0.2, 0.25) is 0 Å². The summed E-state index contributed by atoms with van der Waals surface area (Å²) in [7, 11) is -4.49. The van der Waals surface area contributed by atoms with E-state index in [1.54, 1.807) is 0 Å². The lowest BCUT2D eigenvalue weighted by Crippen LogP contribution is -2.21. The van der Waals surface area contributed by atoms with Crippen LogP contribution < -0.4 is 10.7 Å². The number of anilines is 2. The molecule has 1 amide bonds. The molecule has 0 unspecified atom stereocenters. The summed E-state index contributed by atoms with van der Waals surface area (Å²) in [6.07, 6.45) is -0.366. The zero-order valence-corrected chi connectivity index (χ0v) is 11.6. The number of hydrogen-bond acceptors (Lipinski definition) is 6. The van der Waals surface area contributed by atoms with E-state index in [4.69, 9.17) is 15.4 Å². The van der Waals surface area contributed by atoms with Crippen molar-refractivity contribution in [3.63, 3.8) is 0 Å². The zero-order valence-electron chi connectivity index (χ0n) is 10.8. The molecule has 0 bridgehead atoms. The Morgan fingerprint density at radius 3 is 2.52 bits per heavy atom. The Balaban J connectivity index is 2.55. The number of amides is 1. The number of hydrazone groups is 1. The van der Waals surface area contributed by atoms with Gasteiger partial charge in [0.05, 0.1) is 17.8 Å². The number of nitrogens with zero attached hydrogens (tertiary/aromatic N) is 2. The fourth-order valence-electron chi connectivity index (χ4n) is 1.88. The van der Waals surface area contributed by atoms with Gasteiger partial charge < -0.3 is 10.8 Å². The first-order valence-electron chi connectivity index (χ1n) is 5.63. The van der Waals surface area contributed by atoms with Crippen LogP contribution in [0.4, 0.5) is 11.4 Å². The second-order valence-corrected chi connectivity index (χ2v) is 5.72. The fourth-order valence-corrected chi connectivity index (χ4v) is 2.55. The molecule has 0 radical (unpaired) electrons. The lowest BCUT2D eigenvalue weighted by atomic mass is 10.1. The number of carbonyl (C=O) groups excluding carboxylic acids is 1. The lowest BCUT2D eigenvalue weighted by Gasteiger charge is -2.17. The van der Waals surface area contributed by atoms with Crippen LogP contribution in [-0.4, -0.2) is 35.7 Å². The number of carboxylic acid groups (broad SMARTS) is 1. The molecule has 0 spiro atoms. The molecule has 0 saturated heterocycles. The van der Waals surface area contributed by atoms with Crippen LogP contribution in [0.1, 0.15) is 12.0 Å². The van der Waals surface area contributed by atoms with Gasteiger partial charge in [0.1, 0.15) is 4.90 Å². The van der Waals surface area contributed by atoms with Crippen molar-refractivity contribution in [2.75, 3.05) is 10.7 Å². The van der Waals surface area contributed by atoms with E-state index in [0.29, 0.717) is 0 Å². The van der Waals surface area contributed by atoms with Crippen molar-refractivity contribution in [1.82, 2.24) is 0 Å². The molecule has 21 heavy (non-hydrogen) atoms. The van der Waals surface area contributed by atoms with E-state index in [1.807, 2.05) is 0 Å². The summed E-state index contributed by atoms with van der Waals surface area (Å²) in [5.74, 6) is -1.89. The number of nitrogens with two attached hydrogens (primary N) is 1. The molecule has 1 aliphatic rings. The predicted octanol–water partition coefficient (Wildman–Crippen LogP) is 0.00122.